The molecule has 0 saturated heterocycles. The minimum Gasteiger partial charge on any atom is -0.361 e. The second kappa shape index (κ2) is 5.37. The van der Waals surface area contributed by atoms with Gasteiger partial charge in [-0.05, 0) is 54.1 Å². The van der Waals surface area contributed by atoms with Crippen molar-refractivity contribution in [3.8, 4) is 0 Å². The maximum atomic E-state index is 12.5. The molecule has 128 valence electrons. The second-order valence-electron chi connectivity index (χ2n) is 8.59. The summed E-state index contributed by atoms with van der Waals surface area (Å²) in [7, 11) is 0. The first-order chi connectivity index (χ1) is 11.4. The quantitative estimate of drug-likeness (QED) is 0.858. The molecule has 2 saturated carbocycles. The lowest BCUT2D eigenvalue weighted by atomic mass is 9.69. The zero-order chi connectivity index (χ0) is 16.9. The van der Waals surface area contributed by atoms with Gasteiger partial charge in [0.2, 0.25) is 5.91 Å². The van der Waals surface area contributed by atoms with Crippen LogP contribution in [0.25, 0.3) is 10.9 Å². The first-order valence-electron chi connectivity index (χ1n) is 9.26. The molecule has 2 fully saturated rings. The number of nitrogens with one attached hydrogen (secondary N) is 2. The highest BCUT2D eigenvalue weighted by Gasteiger charge is 2.61. The first-order valence-corrected chi connectivity index (χ1v) is 9.26. The molecule has 3 atom stereocenters. The van der Waals surface area contributed by atoms with Crippen molar-refractivity contribution in [3.63, 3.8) is 0 Å². The normalized spacial score (nSPS) is 30.8. The van der Waals surface area contributed by atoms with E-state index in [2.05, 4.69) is 49.3 Å². The maximum absolute atomic E-state index is 12.5. The van der Waals surface area contributed by atoms with Crippen molar-refractivity contribution in [1.82, 2.24) is 10.3 Å². The summed E-state index contributed by atoms with van der Waals surface area (Å²) in [5.74, 6) is 0.969. The van der Waals surface area contributed by atoms with Crippen LogP contribution in [0.15, 0.2) is 30.5 Å². The van der Waals surface area contributed by atoms with Gasteiger partial charge in [0.05, 0.1) is 0 Å². The van der Waals surface area contributed by atoms with Gasteiger partial charge in [-0.1, -0.05) is 39.0 Å². The Morgan fingerprint density at radius 3 is 2.79 bits per heavy atom. The third-order valence-corrected chi connectivity index (χ3v) is 7.43. The van der Waals surface area contributed by atoms with Gasteiger partial charge in [0.15, 0.2) is 0 Å². The average Bonchev–Trinajstić information content (AvgIpc) is 3.12. The van der Waals surface area contributed by atoms with Gasteiger partial charge in [-0.2, -0.15) is 0 Å². The van der Waals surface area contributed by atoms with E-state index in [4.69, 9.17) is 0 Å². The van der Waals surface area contributed by atoms with Gasteiger partial charge in [-0.15, -0.1) is 0 Å². The number of carbonyl (C=O) groups is 1. The number of benzene rings is 1. The van der Waals surface area contributed by atoms with Crippen LogP contribution < -0.4 is 5.32 Å². The first kappa shape index (κ1) is 15.7. The number of hydrogen-bond donors (Lipinski definition) is 2. The van der Waals surface area contributed by atoms with E-state index in [-0.39, 0.29) is 11.3 Å². The molecule has 2 aromatic rings. The Labute approximate surface area is 144 Å². The third-order valence-electron chi connectivity index (χ3n) is 7.43. The van der Waals surface area contributed by atoms with Gasteiger partial charge in [0.1, 0.15) is 0 Å². The standard InChI is InChI=1S/C21H28N2O/c1-20(2)15-10-11-21(20,3)18(12-15)23-19(24)9-8-14-13-22-17-7-5-4-6-16(14)17/h4-7,13,15,18,22H,8-12H2,1-3H3,(H,23,24)/t15-,18+,21-/m1/s1. The number of hydrogen-bond acceptors (Lipinski definition) is 1. The number of amides is 1. The van der Waals surface area contributed by atoms with E-state index in [0.29, 0.717) is 17.9 Å². The lowest BCUT2D eigenvalue weighted by molar-refractivity contribution is -0.122. The minimum atomic E-state index is 0.204. The van der Waals surface area contributed by atoms with Gasteiger partial charge in [-0.3, -0.25) is 4.79 Å². The Bertz CT molecular complexity index is 775. The van der Waals surface area contributed by atoms with Crippen LogP contribution in [-0.2, 0) is 11.2 Å². The molecule has 1 heterocycles. The number of carbonyl (C=O) groups excluding carboxylic acids is 1. The van der Waals surface area contributed by atoms with Crippen molar-refractivity contribution < 1.29 is 4.79 Å². The van der Waals surface area contributed by atoms with Crippen LogP contribution in [0.4, 0.5) is 0 Å². The van der Waals surface area contributed by atoms with E-state index in [0.717, 1.165) is 24.3 Å². The molecular formula is C21H28N2O. The predicted molar refractivity (Wildman–Crippen MR) is 97.8 cm³/mol. The fraction of sp³-hybridized carbons (Fsp3) is 0.571. The summed E-state index contributed by atoms with van der Waals surface area (Å²) in [6.07, 6.45) is 7.14. The van der Waals surface area contributed by atoms with Crippen LogP contribution in [0.2, 0.25) is 0 Å². The molecule has 2 aliphatic carbocycles. The van der Waals surface area contributed by atoms with E-state index >= 15 is 0 Å². The SMILES string of the molecule is CC1(C)[C@@H]2CC[C@]1(C)[C@@H](NC(=O)CCc1c[nH]c3ccccc13)C2. The molecular weight excluding hydrogens is 296 g/mol. The van der Waals surface area contributed by atoms with Crippen molar-refractivity contribution >= 4 is 16.8 Å². The lowest BCUT2D eigenvalue weighted by Gasteiger charge is -2.39. The Kier molecular flexibility index (Phi) is 3.52. The number of para-hydroxylation sites is 1. The van der Waals surface area contributed by atoms with Gasteiger partial charge in [-0.25, -0.2) is 0 Å². The molecule has 1 amide bonds. The van der Waals surface area contributed by atoms with Crippen LogP contribution in [0.1, 0.15) is 52.0 Å². The Balaban J connectivity index is 1.40. The number of aromatic nitrogens is 1. The van der Waals surface area contributed by atoms with Crippen LogP contribution >= 0.6 is 0 Å². The maximum Gasteiger partial charge on any atom is 0.220 e. The average molecular weight is 324 g/mol. The second-order valence-corrected chi connectivity index (χ2v) is 8.59. The number of aryl methyl sites for hydroxylation is 1. The molecule has 3 nitrogen and oxygen atoms in total. The number of H-pyrrole nitrogens is 1. The third kappa shape index (κ3) is 2.21. The zero-order valence-electron chi connectivity index (χ0n) is 15.0. The van der Waals surface area contributed by atoms with Crippen molar-refractivity contribution in [3.05, 3.63) is 36.0 Å². The Morgan fingerprint density at radius 2 is 2.08 bits per heavy atom. The van der Waals surface area contributed by atoms with Crippen LogP contribution in [0.5, 0.6) is 0 Å². The molecule has 1 aromatic carbocycles. The van der Waals surface area contributed by atoms with Gasteiger partial charge in [0, 0.05) is 29.6 Å². The summed E-state index contributed by atoms with van der Waals surface area (Å²) in [6.45, 7) is 7.16. The zero-order valence-corrected chi connectivity index (χ0v) is 15.0. The summed E-state index contributed by atoms with van der Waals surface area (Å²) < 4.78 is 0. The van der Waals surface area contributed by atoms with E-state index in [1.165, 1.54) is 23.8 Å². The molecule has 24 heavy (non-hydrogen) atoms. The van der Waals surface area contributed by atoms with Crippen molar-refractivity contribution in [2.75, 3.05) is 0 Å². The highest BCUT2D eigenvalue weighted by molar-refractivity contribution is 5.84. The van der Waals surface area contributed by atoms with E-state index < -0.39 is 0 Å². The van der Waals surface area contributed by atoms with Gasteiger partial charge >= 0.3 is 0 Å². The smallest absolute Gasteiger partial charge is 0.220 e. The van der Waals surface area contributed by atoms with E-state index in [9.17, 15) is 4.79 Å². The summed E-state index contributed by atoms with van der Waals surface area (Å²) in [5, 5.41) is 4.60. The van der Waals surface area contributed by atoms with E-state index in [1.54, 1.807) is 0 Å². The molecule has 2 aliphatic rings. The van der Waals surface area contributed by atoms with Gasteiger partial charge in [0.25, 0.3) is 0 Å². The van der Waals surface area contributed by atoms with Crippen LogP contribution in [0, 0.1) is 16.7 Å². The Morgan fingerprint density at radius 1 is 1.29 bits per heavy atom. The van der Waals surface area contributed by atoms with Crippen LogP contribution in [0.3, 0.4) is 0 Å². The monoisotopic (exact) mass is 324 g/mol. The summed E-state index contributed by atoms with van der Waals surface area (Å²) in [5.41, 5.74) is 2.99. The predicted octanol–water partition coefficient (Wildman–Crippen LogP) is 4.43. The van der Waals surface area contributed by atoms with Crippen molar-refractivity contribution in [1.29, 1.82) is 0 Å². The molecule has 2 N–H and O–H groups in total. The van der Waals surface area contributed by atoms with Gasteiger partial charge < -0.3 is 10.3 Å². The molecule has 0 spiro atoms. The lowest BCUT2D eigenvalue weighted by Crippen LogP contribution is -2.46. The van der Waals surface area contributed by atoms with Crippen molar-refractivity contribution in [2.24, 2.45) is 16.7 Å². The molecule has 3 heteroatoms. The van der Waals surface area contributed by atoms with Crippen molar-refractivity contribution in [2.45, 2.75) is 58.9 Å². The topological polar surface area (TPSA) is 44.9 Å². The summed E-state index contributed by atoms with van der Waals surface area (Å²) in [4.78, 5) is 15.8. The van der Waals surface area contributed by atoms with Crippen LogP contribution in [-0.4, -0.2) is 16.9 Å². The summed E-state index contributed by atoms with van der Waals surface area (Å²) in [6, 6.07) is 8.64. The fourth-order valence-corrected chi connectivity index (χ4v) is 5.28. The highest BCUT2D eigenvalue weighted by Crippen LogP contribution is 2.65. The Hall–Kier alpha value is -1.77. The number of rotatable bonds is 4. The minimum absolute atomic E-state index is 0.204. The number of fused-ring (bicyclic) bond motifs is 3. The molecule has 0 aliphatic heterocycles. The largest absolute Gasteiger partial charge is 0.361 e. The molecule has 4 rings (SSSR count). The molecule has 1 aromatic heterocycles. The molecule has 0 unspecified atom stereocenters. The van der Waals surface area contributed by atoms with E-state index in [1.807, 2.05) is 12.3 Å². The molecule has 2 bridgehead atoms. The summed E-state index contributed by atoms with van der Waals surface area (Å²) >= 11 is 0. The fourth-order valence-electron chi connectivity index (χ4n) is 5.28. The highest BCUT2D eigenvalue weighted by atomic mass is 16.1. The number of aromatic amines is 1. The molecule has 0 radical (unpaired) electrons.